The van der Waals surface area contributed by atoms with E-state index in [0.29, 0.717) is 17.9 Å². The largest absolute Gasteiger partial charge is 0.344 e. The molecule has 86 valence electrons. The lowest BCUT2D eigenvalue weighted by Crippen LogP contribution is -2.43. The predicted molar refractivity (Wildman–Crippen MR) is 59.4 cm³/mol. The molecule has 2 aliphatic rings. The van der Waals surface area contributed by atoms with Crippen LogP contribution in [-0.2, 0) is 4.79 Å². The van der Waals surface area contributed by atoms with Gasteiger partial charge in [0.1, 0.15) is 0 Å². The van der Waals surface area contributed by atoms with Gasteiger partial charge in [0.25, 0.3) is 0 Å². The zero-order valence-electron chi connectivity index (χ0n) is 9.65. The molecule has 0 radical (unpaired) electrons. The highest BCUT2D eigenvalue weighted by atomic mass is 16.2. The number of likely N-dealkylation sites (tertiary alicyclic amines) is 2. The Morgan fingerprint density at radius 1 is 1.53 bits per heavy atom. The minimum atomic E-state index is 0.126. The van der Waals surface area contributed by atoms with Crippen LogP contribution >= 0.6 is 0 Å². The molecule has 3 unspecified atom stereocenters. The predicted octanol–water partition coefficient (Wildman–Crippen LogP) is -0.114. The van der Waals surface area contributed by atoms with Gasteiger partial charge in [-0.05, 0) is 32.2 Å². The summed E-state index contributed by atoms with van der Waals surface area (Å²) in [5, 5.41) is 0. The zero-order chi connectivity index (χ0) is 11.0. The van der Waals surface area contributed by atoms with Gasteiger partial charge in [-0.2, -0.15) is 0 Å². The van der Waals surface area contributed by atoms with E-state index in [1.807, 2.05) is 11.9 Å². The average molecular weight is 211 g/mol. The molecular formula is C11H21N3O. The number of rotatable bonds is 2. The lowest BCUT2D eigenvalue weighted by Gasteiger charge is -2.26. The van der Waals surface area contributed by atoms with E-state index in [0.717, 1.165) is 32.5 Å². The van der Waals surface area contributed by atoms with Crippen molar-refractivity contribution in [3.05, 3.63) is 0 Å². The molecule has 0 aromatic rings. The van der Waals surface area contributed by atoms with E-state index >= 15 is 0 Å². The number of nitrogens with two attached hydrogens (primary N) is 1. The standard InChI is InChI=1S/C11H21N3O/c1-8-5-9(6-12)7-14(8)10-3-4-13(2)11(10)15/h8-10H,3-7,12H2,1-2H3. The van der Waals surface area contributed by atoms with Crippen molar-refractivity contribution in [3.8, 4) is 0 Å². The molecule has 15 heavy (non-hydrogen) atoms. The summed E-state index contributed by atoms with van der Waals surface area (Å²) < 4.78 is 0. The molecule has 3 atom stereocenters. The first-order valence-electron chi connectivity index (χ1n) is 5.84. The summed E-state index contributed by atoms with van der Waals surface area (Å²) >= 11 is 0. The normalized spacial score (nSPS) is 37.9. The van der Waals surface area contributed by atoms with Crippen LogP contribution in [-0.4, -0.2) is 54.5 Å². The number of carbonyl (C=O) groups is 1. The van der Waals surface area contributed by atoms with Crippen molar-refractivity contribution >= 4 is 5.91 Å². The SMILES string of the molecule is CC1CC(CN)CN1C1CCN(C)C1=O. The van der Waals surface area contributed by atoms with Gasteiger partial charge in [0.05, 0.1) is 6.04 Å². The van der Waals surface area contributed by atoms with Gasteiger partial charge in [-0.25, -0.2) is 0 Å². The van der Waals surface area contributed by atoms with E-state index in [1.54, 1.807) is 0 Å². The first kappa shape index (κ1) is 10.9. The molecule has 2 N–H and O–H groups in total. The highest BCUT2D eigenvalue weighted by Gasteiger charge is 2.40. The number of carbonyl (C=O) groups excluding carboxylic acids is 1. The van der Waals surface area contributed by atoms with Crippen LogP contribution in [0.25, 0.3) is 0 Å². The Kier molecular flexibility index (Phi) is 2.98. The maximum atomic E-state index is 11.9. The Bertz CT molecular complexity index is 256. The van der Waals surface area contributed by atoms with E-state index in [4.69, 9.17) is 5.73 Å². The van der Waals surface area contributed by atoms with Crippen molar-refractivity contribution in [2.75, 3.05) is 26.7 Å². The molecular weight excluding hydrogens is 190 g/mol. The maximum Gasteiger partial charge on any atom is 0.239 e. The molecule has 0 aromatic carbocycles. The summed E-state index contributed by atoms with van der Waals surface area (Å²) in [6, 6.07) is 0.639. The average Bonchev–Trinajstić information content (AvgIpc) is 2.73. The smallest absolute Gasteiger partial charge is 0.239 e. The fraction of sp³-hybridized carbons (Fsp3) is 0.909. The van der Waals surface area contributed by atoms with Crippen LogP contribution in [0.4, 0.5) is 0 Å². The van der Waals surface area contributed by atoms with Crippen molar-refractivity contribution < 1.29 is 4.79 Å². The number of hydrogen-bond acceptors (Lipinski definition) is 3. The Balaban J connectivity index is 2.02. The van der Waals surface area contributed by atoms with Crippen LogP contribution in [0.3, 0.4) is 0 Å². The van der Waals surface area contributed by atoms with E-state index in [-0.39, 0.29) is 6.04 Å². The summed E-state index contributed by atoms with van der Waals surface area (Å²) in [5.74, 6) is 0.873. The minimum absolute atomic E-state index is 0.126. The third-order valence-corrected chi connectivity index (χ3v) is 3.84. The monoisotopic (exact) mass is 211 g/mol. The van der Waals surface area contributed by atoms with E-state index in [1.165, 1.54) is 0 Å². The van der Waals surface area contributed by atoms with Gasteiger partial charge in [0, 0.05) is 26.2 Å². The van der Waals surface area contributed by atoms with Crippen molar-refractivity contribution in [2.45, 2.75) is 31.8 Å². The van der Waals surface area contributed by atoms with Gasteiger partial charge in [0.15, 0.2) is 0 Å². The second-order valence-electron chi connectivity index (χ2n) is 4.95. The molecule has 0 aromatic heterocycles. The lowest BCUT2D eigenvalue weighted by atomic mass is 10.1. The molecule has 0 bridgehead atoms. The molecule has 2 rings (SSSR count). The van der Waals surface area contributed by atoms with Crippen LogP contribution in [0.5, 0.6) is 0 Å². The third-order valence-electron chi connectivity index (χ3n) is 3.84. The molecule has 4 nitrogen and oxygen atoms in total. The zero-order valence-corrected chi connectivity index (χ0v) is 9.65. The number of nitrogens with zero attached hydrogens (tertiary/aromatic N) is 2. The highest BCUT2D eigenvalue weighted by molar-refractivity contribution is 5.83. The molecule has 2 heterocycles. The van der Waals surface area contributed by atoms with Crippen LogP contribution in [0.1, 0.15) is 19.8 Å². The minimum Gasteiger partial charge on any atom is -0.344 e. The van der Waals surface area contributed by atoms with E-state index < -0.39 is 0 Å². The number of hydrogen-bond donors (Lipinski definition) is 1. The molecule has 4 heteroatoms. The maximum absolute atomic E-state index is 11.9. The highest BCUT2D eigenvalue weighted by Crippen LogP contribution is 2.28. The first-order chi connectivity index (χ1) is 7.13. The summed E-state index contributed by atoms with van der Waals surface area (Å²) in [6.07, 6.45) is 2.13. The molecule has 0 spiro atoms. The summed E-state index contributed by atoms with van der Waals surface area (Å²) in [4.78, 5) is 16.1. The number of likely N-dealkylation sites (N-methyl/N-ethyl adjacent to an activating group) is 1. The number of amides is 1. The molecule has 2 aliphatic heterocycles. The fourth-order valence-corrected chi connectivity index (χ4v) is 2.89. The summed E-state index contributed by atoms with van der Waals surface area (Å²) in [7, 11) is 1.89. The molecule has 0 aliphatic carbocycles. The summed E-state index contributed by atoms with van der Waals surface area (Å²) in [6.45, 7) is 4.86. The topological polar surface area (TPSA) is 49.6 Å². The van der Waals surface area contributed by atoms with Crippen LogP contribution in [0.15, 0.2) is 0 Å². The Labute approximate surface area is 91.4 Å². The van der Waals surface area contributed by atoms with Gasteiger partial charge >= 0.3 is 0 Å². The molecule has 0 saturated carbocycles. The third kappa shape index (κ3) is 1.88. The molecule has 2 saturated heterocycles. The Hall–Kier alpha value is -0.610. The lowest BCUT2D eigenvalue weighted by molar-refractivity contribution is -0.131. The van der Waals surface area contributed by atoms with Crippen LogP contribution < -0.4 is 5.73 Å². The second kappa shape index (κ2) is 4.10. The van der Waals surface area contributed by atoms with Crippen molar-refractivity contribution in [1.29, 1.82) is 0 Å². The van der Waals surface area contributed by atoms with Crippen LogP contribution in [0, 0.1) is 5.92 Å². The Morgan fingerprint density at radius 3 is 2.73 bits per heavy atom. The van der Waals surface area contributed by atoms with E-state index in [9.17, 15) is 4.79 Å². The summed E-state index contributed by atoms with van der Waals surface area (Å²) in [5.41, 5.74) is 5.70. The molecule has 1 amide bonds. The van der Waals surface area contributed by atoms with Gasteiger partial charge in [-0.3, -0.25) is 9.69 Å². The van der Waals surface area contributed by atoms with Gasteiger partial charge in [-0.1, -0.05) is 0 Å². The van der Waals surface area contributed by atoms with Gasteiger partial charge in [0.2, 0.25) is 5.91 Å². The van der Waals surface area contributed by atoms with Crippen LogP contribution in [0.2, 0.25) is 0 Å². The Morgan fingerprint density at radius 2 is 2.27 bits per heavy atom. The van der Waals surface area contributed by atoms with E-state index in [2.05, 4.69) is 11.8 Å². The fourth-order valence-electron chi connectivity index (χ4n) is 2.89. The van der Waals surface area contributed by atoms with Crippen molar-refractivity contribution in [2.24, 2.45) is 11.7 Å². The van der Waals surface area contributed by atoms with Crippen molar-refractivity contribution in [1.82, 2.24) is 9.80 Å². The first-order valence-corrected chi connectivity index (χ1v) is 5.84. The second-order valence-corrected chi connectivity index (χ2v) is 4.95. The molecule has 2 fully saturated rings. The van der Waals surface area contributed by atoms with Gasteiger partial charge < -0.3 is 10.6 Å². The quantitative estimate of drug-likeness (QED) is 0.693. The van der Waals surface area contributed by atoms with Gasteiger partial charge in [-0.15, -0.1) is 0 Å². The van der Waals surface area contributed by atoms with Crippen molar-refractivity contribution in [3.63, 3.8) is 0 Å².